The van der Waals surface area contributed by atoms with E-state index in [1.165, 1.54) is 5.56 Å². The maximum absolute atomic E-state index is 5.50. The lowest BCUT2D eigenvalue weighted by Gasteiger charge is -2.22. The predicted octanol–water partition coefficient (Wildman–Crippen LogP) is 4.40. The Morgan fingerprint density at radius 3 is 2.57 bits per heavy atom. The fourth-order valence-corrected chi connectivity index (χ4v) is 3.09. The van der Waals surface area contributed by atoms with Crippen molar-refractivity contribution < 1.29 is 4.74 Å². The quantitative estimate of drug-likeness (QED) is 0.909. The van der Waals surface area contributed by atoms with Crippen molar-refractivity contribution in [3.05, 3.63) is 34.2 Å². The third-order valence-corrected chi connectivity index (χ3v) is 4.66. The van der Waals surface area contributed by atoms with Crippen molar-refractivity contribution in [3.63, 3.8) is 0 Å². The summed E-state index contributed by atoms with van der Waals surface area (Å²) in [5, 5.41) is 6.46. The minimum atomic E-state index is 0.0401. The van der Waals surface area contributed by atoms with E-state index in [2.05, 4.69) is 50.5 Å². The summed E-state index contributed by atoms with van der Waals surface area (Å²) < 4.78 is 5.50. The molecule has 1 aromatic heterocycles. The molecule has 0 saturated heterocycles. The molecule has 0 amide bonds. The predicted molar refractivity (Wildman–Crippen MR) is 90.3 cm³/mol. The Morgan fingerprint density at radius 1 is 1.29 bits per heavy atom. The Kier molecular flexibility index (Phi) is 4.69. The van der Waals surface area contributed by atoms with Gasteiger partial charge in [0.05, 0.1) is 18.8 Å². The number of rotatable bonds is 4. The molecule has 1 aromatic carbocycles. The highest BCUT2D eigenvalue weighted by Crippen LogP contribution is 2.35. The molecule has 0 aliphatic carbocycles. The van der Waals surface area contributed by atoms with Gasteiger partial charge in [-0.25, -0.2) is 4.98 Å². The highest BCUT2D eigenvalue weighted by atomic mass is 32.1. The SMILES string of the molecule is CNC(C)c1nc(-c2ccc(OC)c(C(C)(C)C)c2)cs1. The van der Waals surface area contributed by atoms with Crippen LogP contribution in [0, 0.1) is 0 Å². The summed E-state index contributed by atoms with van der Waals surface area (Å²) in [6.45, 7) is 8.72. The van der Waals surface area contributed by atoms with Crippen LogP contribution in [0.15, 0.2) is 23.6 Å². The van der Waals surface area contributed by atoms with E-state index >= 15 is 0 Å². The van der Waals surface area contributed by atoms with Gasteiger partial charge in [0.15, 0.2) is 0 Å². The molecule has 0 aliphatic heterocycles. The normalized spacial score (nSPS) is 13.2. The number of methoxy groups -OCH3 is 1. The van der Waals surface area contributed by atoms with Crippen molar-refractivity contribution in [3.8, 4) is 17.0 Å². The number of ether oxygens (including phenoxy) is 1. The largest absolute Gasteiger partial charge is 0.496 e. The lowest BCUT2D eigenvalue weighted by molar-refractivity contribution is 0.397. The van der Waals surface area contributed by atoms with Gasteiger partial charge < -0.3 is 10.1 Å². The number of aromatic nitrogens is 1. The zero-order chi connectivity index (χ0) is 15.6. The topological polar surface area (TPSA) is 34.2 Å². The molecular formula is C17H24N2OS. The van der Waals surface area contributed by atoms with Crippen LogP contribution in [0.1, 0.15) is 44.3 Å². The first kappa shape index (κ1) is 16.0. The first-order chi connectivity index (χ1) is 9.86. The second-order valence-electron chi connectivity index (χ2n) is 6.25. The third-order valence-electron chi connectivity index (χ3n) is 3.63. The first-order valence-corrected chi connectivity index (χ1v) is 8.06. The summed E-state index contributed by atoms with van der Waals surface area (Å²) in [6.07, 6.45) is 0. The van der Waals surface area contributed by atoms with Crippen LogP contribution >= 0.6 is 11.3 Å². The molecule has 0 aliphatic rings. The van der Waals surface area contributed by atoms with E-state index in [1.54, 1.807) is 18.4 Å². The Hall–Kier alpha value is -1.39. The Balaban J connectivity index is 2.43. The molecule has 1 atom stereocenters. The van der Waals surface area contributed by atoms with E-state index in [0.29, 0.717) is 0 Å². The van der Waals surface area contributed by atoms with Gasteiger partial charge in [-0.1, -0.05) is 20.8 Å². The number of hydrogen-bond donors (Lipinski definition) is 1. The van der Waals surface area contributed by atoms with Gasteiger partial charge in [0.1, 0.15) is 10.8 Å². The van der Waals surface area contributed by atoms with E-state index in [1.807, 2.05) is 13.1 Å². The molecule has 0 bridgehead atoms. The average molecular weight is 304 g/mol. The highest BCUT2D eigenvalue weighted by molar-refractivity contribution is 7.10. The van der Waals surface area contributed by atoms with Crippen LogP contribution in [0.3, 0.4) is 0 Å². The molecular weight excluding hydrogens is 280 g/mol. The van der Waals surface area contributed by atoms with Crippen LogP contribution in [-0.2, 0) is 5.41 Å². The summed E-state index contributed by atoms with van der Waals surface area (Å²) in [7, 11) is 3.68. The zero-order valence-electron chi connectivity index (χ0n) is 13.7. The van der Waals surface area contributed by atoms with Gasteiger partial charge >= 0.3 is 0 Å². The van der Waals surface area contributed by atoms with Crippen molar-refractivity contribution >= 4 is 11.3 Å². The maximum Gasteiger partial charge on any atom is 0.122 e. The van der Waals surface area contributed by atoms with Crippen LogP contribution in [-0.4, -0.2) is 19.1 Å². The molecule has 0 fully saturated rings. The molecule has 1 N–H and O–H groups in total. The number of benzene rings is 1. The zero-order valence-corrected chi connectivity index (χ0v) is 14.5. The molecule has 4 heteroatoms. The van der Waals surface area contributed by atoms with Crippen molar-refractivity contribution in [2.24, 2.45) is 0 Å². The van der Waals surface area contributed by atoms with E-state index in [0.717, 1.165) is 22.0 Å². The summed E-state index contributed by atoms with van der Waals surface area (Å²) in [6, 6.07) is 6.60. The van der Waals surface area contributed by atoms with Crippen molar-refractivity contribution in [1.82, 2.24) is 10.3 Å². The lowest BCUT2D eigenvalue weighted by Crippen LogP contribution is -2.13. The van der Waals surface area contributed by atoms with Gasteiger partial charge in [-0.15, -0.1) is 11.3 Å². The van der Waals surface area contributed by atoms with E-state index < -0.39 is 0 Å². The van der Waals surface area contributed by atoms with E-state index in [4.69, 9.17) is 9.72 Å². The van der Waals surface area contributed by atoms with Crippen molar-refractivity contribution in [1.29, 1.82) is 0 Å². The molecule has 114 valence electrons. The first-order valence-electron chi connectivity index (χ1n) is 7.18. The number of thiazole rings is 1. The minimum absolute atomic E-state index is 0.0401. The fourth-order valence-electron chi connectivity index (χ4n) is 2.20. The Bertz CT molecular complexity index is 613. The summed E-state index contributed by atoms with van der Waals surface area (Å²) >= 11 is 1.70. The van der Waals surface area contributed by atoms with Crippen LogP contribution in [0.25, 0.3) is 11.3 Å². The molecule has 1 unspecified atom stereocenters. The van der Waals surface area contributed by atoms with Gasteiger partial charge in [0, 0.05) is 16.5 Å². The second-order valence-corrected chi connectivity index (χ2v) is 7.14. The van der Waals surface area contributed by atoms with Gasteiger partial charge in [-0.3, -0.25) is 0 Å². The number of nitrogens with one attached hydrogen (secondary N) is 1. The summed E-state index contributed by atoms with van der Waals surface area (Å²) in [4.78, 5) is 4.75. The van der Waals surface area contributed by atoms with Crippen LogP contribution < -0.4 is 10.1 Å². The van der Waals surface area contributed by atoms with Crippen LogP contribution in [0.2, 0.25) is 0 Å². The van der Waals surface area contributed by atoms with Gasteiger partial charge in [-0.2, -0.15) is 0 Å². The molecule has 0 radical (unpaired) electrons. The molecule has 21 heavy (non-hydrogen) atoms. The molecule has 1 heterocycles. The lowest BCUT2D eigenvalue weighted by atomic mass is 9.85. The average Bonchev–Trinajstić information content (AvgIpc) is 2.94. The number of nitrogens with zero attached hydrogens (tertiary/aromatic N) is 1. The van der Waals surface area contributed by atoms with Crippen molar-refractivity contribution in [2.75, 3.05) is 14.2 Å². The van der Waals surface area contributed by atoms with Crippen LogP contribution in [0.5, 0.6) is 5.75 Å². The highest BCUT2D eigenvalue weighted by Gasteiger charge is 2.20. The van der Waals surface area contributed by atoms with Crippen LogP contribution in [0.4, 0.5) is 0 Å². The van der Waals surface area contributed by atoms with Crippen molar-refractivity contribution in [2.45, 2.75) is 39.2 Å². The molecule has 2 rings (SSSR count). The Morgan fingerprint density at radius 2 is 2.00 bits per heavy atom. The summed E-state index contributed by atoms with van der Waals surface area (Å²) in [5.41, 5.74) is 3.42. The number of hydrogen-bond acceptors (Lipinski definition) is 4. The molecule has 3 nitrogen and oxygen atoms in total. The second kappa shape index (κ2) is 6.16. The monoisotopic (exact) mass is 304 g/mol. The minimum Gasteiger partial charge on any atom is -0.496 e. The van der Waals surface area contributed by atoms with Gasteiger partial charge in [-0.05, 0) is 37.6 Å². The van der Waals surface area contributed by atoms with E-state index in [9.17, 15) is 0 Å². The van der Waals surface area contributed by atoms with E-state index in [-0.39, 0.29) is 11.5 Å². The third kappa shape index (κ3) is 3.44. The molecule has 0 saturated carbocycles. The fraction of sp³-hybridized carbons (Fsp3) is 0.471. The molecule has 0 spiro atoms. The smallest absolute Gasteiger partial charge is 0.122 e. The van der Waals surface area contributed by atoms with Gasteiger partial charge in [0.25, 0.3) is 0 Å². The van der Waals surface area contributed by atoms with Gasteiger partial charge in [0.2, 0.25) is 0 Å². The Labute approximate surface area is 131 Å². The maximum atomic E-state index is 5.50. The standard InChI is InChI=1S/C17H24N2OS/c1-11(18-5)16-19-14(10-21-16)12-7-8-15(20-6)13(9-12)17(2,3)4/h7-11,18H,1-6H3. The summed E-state index contributed by atoms with van der Waals surface area (Å²) in [5.74, 6) is 0.935. The molecule has 2 aromatic rings.